The number of hydrogen-bond donors (Lipinski definition) is 4. The predicted octanol–water partition coefficient (Wildman–Crippen LogP) is -0.827. The maximum atomic E-state index is 10.1. The number of nitrogens with one attached hydrogen (secondary N) is 1. The molecule has 0 aliphatic carbocycles. The van der Waals surface area contributed by atoms with Crippen LogP contribution in [0.2, 0.25) is 0 Å². The van der Waals surface area contributed by atoms with Crippen molar-refractivity contribution in [3.8, 4) is 0 Å². The molecule has 0 radical (unpaired) electrons. The summed E-state index contributed by atoms with van der Waals surface area (Å²) in [6.45, 7) is 6.75. The zero-order chi connectivity index (χ0) is 15.7. The van der Waals surface area contributed by atoms with Crippen molar-refractivity contribution >= 4 is 17.3 Å². The lowest BCUT2D eigenvalue weighted by Gasteiger charge is -2.37. The lowest BCUT2D eigenvalue weighted by Crippen LogP contribution is -2.56. The molecule has 1 fully saturated rings. The van der Waals surface area contributed by atoms with E-state index in [0.29, 0.717) is 11.3 Å². The number of fused-ring (bicyclic) bond motifs is 1. The zero-order valence-electron chi connectivity index (χ0n) is 11.5. The fourth-order valence-corrected chi connectivity index (χ4v) is 2.42. The Hall–Kier alpha value is -2.25. The van der Waals surface area contributed by atoms with Gasteiger partial charge in [0.15, 0.2) is 0 Å². The Labute approximate surface area is 125 Å². The topological polar surface area (TPSA) is 117 Å². The largest absolute Gasteiger partial charge is 0.394 e. The van der Waals surface area contributed by atoms with Gasteiger partial charge in [0.2, 0.25) is 5.82 Å². The van der Waals surface area contributed by atoms with Crippen LogP contribution in [0.25, 0.3) is 10.4 Å². The van der Waals surface area contributed by atoms with Gasteiger partial charge in [-0.1, -0.05) is 5.10 Å². The summed E-state index contributed by atoms with van der Waals surface area (Å²) in [5.41, 5.74) is 0.637. The van der Waals surface area contributed by atoms with Crippen molar-refractivity contribution in [3.05, 3.63) is 29.7 Å². The summed E-state index contributed by atoms with van der Waals surface area (Å²) in [5, 5.41) is 36.1. The fraction of sp³-hybridized carbons (Fsp3) is 0.462. The molecule has 3 heterocycles. The number of anilines is 1. The molecule has 0 amide bonds. The van der Waals surface area contributed by atoms with Crippen molar-refractivity contribution in [1.29, 1.82) is 0 Å². The SMILES string of the molecule is [C-]#[N+]c1nc(N[C@H]2CO[C@H](CO)[C@H](O)[C@@H]2O)c2cccn2n1. The number of nitrogens with zero attached hydrogens (tertiary/aromatic N) is 4. The lowest BCUT2D eigenvalue weighted by atomic mass is 9.98. The maximum Gasteiger partial charge on any atom is 0.394 e. The minimum atomic E-state index is -1.21. The summed E-state index contributed by atoms with van der Waals surface area (Å²) in [7, 11) is 0. The van der Waals surface area contributed by atoms with Gasteiger partial charge in [0.05, 0.1) is 19.3 Å². The molecule has 22 heavy (non-hydrogen) atoms. The molecule has 4 N–H and O–H groups in total. The minimum Gasteiger partial charge on any atom is -0.394 e. The third-order valence-electron chi connectivity index (χ3n) is 3.61. The van der Waals surface area contributed by atoms with Gasteiger partial charge in [-0.15, -0.1) is 11.6 Å². The van der Waals surface area contributed by atoms with E-state index in [1.54, 1.807) is 18.3 Å². The molecule has 0 unspecified atom stereocenters. The highest BCUT2D eigenvalue weighted by molar-refractivity contribution is 5.69. The van der Waals surface area contributed by atoms with E-state index in [9.17, 15) is 10.2 Å². The first-order valence-corrected chi connectivity index (χ1v) is 6.72. The molecular formula is C13H15N5O4. The maximum absolute atomic E-state index is 10.1. The summed E-state index contributed by atoms with van der Waals surface area (Å²) >= 11 is 0. The number of aliphatic hydroxyl groups is 3. The van der Waals surface area contributed by atoms with Crippen molar-refractivity contribution in [2.24, 2.45) is 0 Å². The second kappa shape index (κ2) is 5.86. The summed E-state index contributed by atoms with van der Waals surface area (Å²) in [4.78, 5) is 7.29. The molecule has 1 saturated heterocycles. The van der Waals surface area contributed by atoms with Crippen LogP contribution < -0.4 is 5.32 Å². The van der Waals surface area contributed by atoms with Gasteiger partial charge in [0, 0.05) is 6.20 Å². The standard InChI is InChI=1S/C13H15N5O4/c1-14-13-16-12(8-3-2-4-18(8)17-13)15-7-6-22-9(5-19)11(21)10(7)20/h2-4,7,9-11,19-21H,5-6H2,(H,15,16,17)/t7-,9+,10+,11-/m0/s1. The van der Waals surface area contributed by atoms with Crippen LogP contribution in [0.1, 0.15) is 0 Å². The molecule has 1 aliphatic rings. The number of aliphatic hydroxyl groups excluding tert-OH is 3. The molecule has 0 bridgehead atoms. The summed E-state index contributed by atoms with van der Waals surface area (Å²) in [6.07, 6.45) is -1.47. The first kappa shape index (κ1) is 14.7. The summed E-state index contributed by atoms with van der Waals surface area (Å²) < 4.78 is 6.82. The monoisotopic (exact) mass is 305 g/mol. The molecule has 9 nitrogen and oxygen atoms in total. The van der Waals surface area contributed by atoms with Crippen LogP contribution >= 0.6 is 0 Å². The van der Waals surface area contributed by atoms with E-state index in [1.165, 1.54) is 4.52 Å². The van der Waals surface area contributed by atoms with Crippen molar-refractivity contribution in [3.63, 3.8) is 0 Å². The Balaban J connectivity index is 1.87. The lowest BCUT2D eigenvalue weighted by molar-refractivity contribution is -0.152. The highest BCUT2D eigenvalue weighted by Gasteiger charge is 2.38. The highest BCUT2D eigenvalue weighted by atomic mass is 16.5. The molecule has 0 aromatic carbocycles. The normalized spacial score (nSPS) is 28.5. The van der Waals surface area contributed by atoms with Gasteiger partial charge in [0.25, 0.3) is 0 Å². The third kappa shape index (κ3) is 2.49. The van der Waals surface area contributed by atoms with E-state index in [2.05, 4.69) is 20.2 Å². The third-order valence-corrected chi connectivity index (χ3v) is 3.61. The van der Waals surface area contributed by atoms with E-state index < -0.39 is 24.4 Å². The van der Waals surface area contributed by atoms with Crippen LogP contribution in [0.5, 0.6) is 0 Å². The molecule has 2 aromatic heterocycles. The van der Waals surface area contributed by atoms with Gasteiger partial charge in [0.1, 0.15) is 23.8 Å². The minimum absolute atomic E-state index is 0.0359. The molecule has 4 atom stereocenters. The number of ether oxygens (including phenoxy) is 1. The molecular weight excluding hydrogens is 290 g/mol. The van der Waals surface area contributed by atoms with Gasteiger partial charge in [-0.3, -0.25) is 0 Å². The van der Waals surface area contributed by atoms with Crippen molar-refractivity contribution in [2.45, 2.75) is 24.4 Å². The number of rotatable bonds is 3. The van der Waals surface area contributed by atoms with E-state index in [1.807, 2.05) is 0 Å². The Bertz CT molecular complexity index is 712. The number of hydrogen-bond acceptors (Lipinski definition) is 7. The molecule has 9 heteroatoms. The van der Waals surface area contributed by atoms with E-state index >= 15 is 0 Å². The van der Waals surface area contributed by atoms with Crippen LogP contribution in [0.15, 0.2) is 18.3 Å². The van der Waals surface area contributed by atoms with Crippen molar-refractivity contribution in [1.82, 2.24) is 14.6 Å². The smallest absolute Gasteiger partial charge is 0.394 e. The first-order valence-electron chi connectivity index (χ1n) is 6.72. The molecule has 0 spiro atoms. The summed E-state index contributed by atoms with van der Waals surface area (Å²) in [5.74, 6) is 0.333. The average molecular weight is 305 g/mol. The Kier molecular flexibility index (Phi) is 3.91. The van der Waals surface area contributed by atoms with E-state index in [0.717, 1.165) is 0 Å². The first-order chi connectivity index (χ1) is 10.6. The number of aromatic nitrogens is 3. The van der Waals surface area contributed by atoms with Crippen LogP contribution in [-0.2, 0) is 4.74 Å². The van der Waals surface area contributed by atoms with Gasteiger partial charge >= 0.3 is 5.95 Å². The fourth-order valence-electron chi connectivity index (χ4n) is 2.42. The molecule has 0 saturated carbocycles. The van der Waals surface area contributed by atoms with Crippen LogP contribution in [0.4, 0.5) is 11.8 Å². The Morgan fingerprint density at radius 1 is 1.45 bits per heavy atom. The van der Waals surface area contributed by atoms with Gasteiger partial charge in [-0.05, 0) is 12.1 Å². The van der Waals surface area contributed by atoms with Gasteiger partial charge in [-0.2, -0.15) is 4.52 Å². The van der Waals surface area contributed by atoms with Crippen molar-refractivity contribution in [2.75, 3.05) is 18.5 Å². The van der Waals surface area contributed by atoms with Gasteiger partial charge in [-0.25, -0.2) is 0 Å². The molecule has 116 valence electrons. The highest BCUT2D eigenvalue weighted by Crippen LogP contribution is 2.22. The Morgan fingerprint density at radius 2 is 2.27 bits per heavy atom. The van der Waals surface area contributed by atoms with E-state index in [4.69, 9.17) is 16.4 Å². The summed E-state index contributed by atoms with van der Waals surface area (Å²) in [6, 6.07) is 2.90. The average Bonchev–Trinajstić information content (AvgIpc) is 3.00. The van der Waals surface area contributed by atoms with Crippen LogP contribution in [0, 0.1) is 6.57 Å². The molecule has 1 aliphatic heterocycles. The van der Waals surface area contributed by atoms with Crippen molar-refractivity contribution < 1.29 is 20.1 Å². The predicted molar refractivity (Wildman–Crippen MR) is 75.5 cm³/mol. The van der Waals surface area contributed by atoms with Gasteiger partial charge < -0.3 is 30.2 Å². The second-order valence-electron chi connectivity index (χ2n) is 5.00. The quantitative estimate of drug-likeness (QED) is 0.547. The van der Waals surface area contributed by atoms with Crippen LogP contribution in [-0.4, -0.2) is 67.5 Å². The molecule has 2 aromatic rings. The van der Waals surface area contributed by atoms with E-state index in [-0.39, 0.29) is 19.2 Å². The van der Waals surface area contributed by atoms with Crippen LogP contribution in [0.3, 0.4) is 0 Å². The zero-order valence-corrected chi connectivity index (χ0v) is 11.5. The molecule has 3 rings (SSSR count). The Morgan fingerprint density at radius 3 is 3.00 bits per heavy atom. The second-order valence-corrected chi connectivity index (χ2v) is 5.00.